The van der Waals surface area contributed by atoms with Gasteiger partial charge in [-0.3, -0.25) is 4.99 Å². The molecule has 1 heterocycles. The second-order valence-electron chi connectivity index (χ2n) is 10.8. The maximum Gasteiger partial charge on any atom is 0.183 e. The number of aryl methyl sites for hydroxylation is 2. The van der Waals surface area contributed by atoms with Gasteiger partial charge in [0, 0.05) is 6.42 Å². The SMILES string of the molecule is CCCCOc1cc2c(cc1CC)C1CC[C@@]3(C)C(CC[C@@H]3CC3=NCCO3)C1CC2. The quantitative estimate of drug-likeness (QED) is 0.456. The van der Waals surface area contributed by atoms with Crippen molar-refractivity contribution < 1.29 is 9.47 Å². The predicted octanol–water partition coefficient (Wildman–Crippen LogP) is 6.72. The monoisotopic (exact) mass is 423 g/mol. The molecule has 0 N–H and O–H groups in total. The lowest BCUT2D eigenvalue weighted by atomic mass is 9.54. The highest BCUT2D eigenvalue weighted by molar-refractivity contribution is 5.77. The van der Waals surface area contributed by atoms with Crippen LogP contribution in [0.1, 0.15) is 94.7 Å². The molecule has 0 aromatic heterocycles. The van der Waals surface area contributed by atoms with Crippen LogP contribution in [0.2, 0.25) is 0 Å². The fourth-order valence-electron chi connectivity index (χ4n) is 7.54. The molecule has 3 nitrogen and oxygen atoms in total. The van der Waals surface area contributed by atoms with Crippen LogP contribution in [0.25, 0.3) is 0 Å². The molecule has 5 rings (SSSR count). The molecule has 0 spiro atoms. The van der Waals surface area contributed by atoms with Gasteiger partial charge in [0.05, 0.1) is 13.2 Å². The lowest BCUT2D eigenvalue weighted by Gasteiger charge is -2.51. The Balaban J connectivity index is 1.36. The Kier molecular flexibility index (Phi) is 6.05. The molecule has 3 unspecified atom stereocenters. The largest absolute Gasteiger partial charge is 0.493 e. The Morgan fingerprint density at radius 3 is 2.84 bits per heavy atom. The molecule has 3 heteroatoms. The van der Waals surface area contributed by atoms with Crippen molar-refractivity contribution in [3.05, 3.63) is 28.8 Å². The van der Waals surface area contributed by atoms with Gasteiger partial charge in [-0.15, -0.1) is 0 Å². The van der Waals surface area contributed by atoms with Crippen LogP contribution in [0, 0.1) is 23.2 Å². The first-order chi connectivity index (χ1) is 15.1. The minimum Gasteiger partial charge on any atom is -0.493 e. The van der Waals surface area contributed by atoms with Crippen molar-refractivity contribution in [2.45, 2.75) is 90.9 Å². The summed E-state index contributed by atoms with van der Waals surface area (Å²) in [5.74, 6) is 5.46. The number of aliphatic imine (C=N–C) groups is 1. The summed E-state index contributed by atoms with van der Waals surface area (Å²) in [4.78, 5) is 4.62. The van der Waals surface area contributed by atoms with Gasteiger partial charge in [-0.05, 0) is 103 Å². The molecule has 31 heavy (non-hydrogen) atoms. The molecule has 2 fully saturated rings. The Labute approximate surface area is 189 Å². The maximum absolute atomic E-state index is 6.21. The van der Waals surface area contributed by atoms with Crippen LogP contribution in [0.5, 0.6) is 5.75 Å². The zero-order chi connectivity index (χ0) is 21.4. The van der Waals surface area contributed by atoms with Crippen molar-refractivity contribution in [1.29, 1.82) is 0 Å². The molecule has 5 atom stereocenters. The van der Waals surface area contributed by atoms with Crippen LogP contribution in [-0.4, -0.2) is 25.7 Å². The van der Waals surface area contributed by atoms with Crippen LogP contribution in [0.15, 0.2) is 17.1 Å². The fourth-order valence-corrected chi connectivity index (χ4v) is 7.54. The maximum atomic E-state index is 6.21. The summed E-state index contributed by atoms with van der Waals surface area (Å²) < 4.78 is 12.0. The molecule has 3 aliphatic carbocycles. The third-order valence-corrected chi connectivity index (χ3v) is 9.31. The first-order valence-electron chi connectivity index (χ1n) is 13.1. The van der Waals surface area contributed by atoms with Gasteiger partial charge in [0.1, 0.15) is 12.4 Å². The zero-order valence-corrected chi connectivity index (χ0v) is 19.9. The highest BCUT2D eigenvalue weighted by atomic mass is 16.5. The summed E-state index contributed by atoms with van der Waals surface area (Å²) in [6.45, 7) is 9.64. The highest BCUT2D eigenvalue weighted by Crippen LogP contribution is 2.63. The number of nitrogens with zero attached hydrogens (tertiary/aromatic N) is 1. The lowest BCUT2D eigenvalue weighted by Crippen LogP contribution is -2.42. The molecule has 2 saturated carbocycles. The Morgan fingerprint density at radius 2 is 2.06 bits per heavy atom. The Bertz CT molecular complexity index is 831. The smallest absolute Gasteiger partial charge is 0.183 e. The number of benzene rings is 1. The van der Waals surface area contributed by atoms with Gasteiger partial charge in [0.25, 0.3) is 0 Å². The van der Waals surface area contributed by atoms with Gasteiger partial charge in [0.2, 0.25) is 0 Å². The van der Waals surface area contributed by atoms with Gasteiger partial charge in [-0.25, -0.2) is 0 Å². The normalized spacial score (nSPS) is 33.8. The van der Waals surface area contributed by atoms with Crippen molar-refractivity contribution in [3.8, 4) is 5.75 Å². The molecule has 0 bridgehead atoms. The van der Waals surface area contributed by atoms with E-state index in [1.54, 1.807) is 11.1 Å². The number of unbranched alkanes of at least 4 members (excludes halogenated alkanes) is 1. The van der Waals surface area contributed by atoms with Crippen molar-refractivity contribution in [2.75, 3.05) is 19.8 Å². The van der Waals surface area contributed by atoms with Crippen molar-refractivity contribution >= 4 is 5.90 Å². The van der Waals surface area contributed by atoms with Crippen LogP contribution >= 0.6 is 0 Å². The second kappa shape index (κ2) is 8.79. The standard InChI is InChI=1S/C28H41NO2/c1-4-6-14-30-26-17-20-7-9-23-22(24(20)16-19(26)5-2)11-12-28(3)21(8-10-25(23)28)18-27-29-13-15-31-27/h16-17,21-23,25H,4-15,18H2,1-3H3/t21-,22?,23?,25?,28-/m1/s1. The average Bonchev–Trinajstić information content (AvgIpc) is 3.41. The fraction of sp³-hybridized carbons (Fsp3) is 0.750. The van der Waals surface area contributed by atoms with E-state index in [4.69, 9.17) is 9.47 Å². The molecule has 1 aromatic carbocycles. The van der Waals surface area contributed by atoms with Gasteiger partial charge in [0.15, 0.2) is 5.90 Å². The zero-order valence-electron chi connectivity index (χ0n) is 19.9. The van der Waals surface area contributed by atoms with Crippen LogP contribution in [0.4, 0.5) is 0 Å². The number of rotatable bonds is 7. The van der Waals surface area contributed by atoms with E-state index in [2.05, 4.69) is 37.9 Å². The Morgan fingerprint density at radius 1 is 1.16 bits per heavy atom. The molecule has 0 radical (unpaired) electrons. The molecule has 1 aromatic rings. The molecule has 1 aliphatic heterocycles. The number of fused-ring (bicyclic) bond motifs is 5. The summed E-state index contributed by atoms with van der Waals surface area (Å²) in [5.41, 5.74) is 5.15. The predicted molar refractivity (Wildman–Crippen MR) is 127 cm³/mol. The molecular weight excluding hydrogens is 382 g/mol. The number of hydrogen-bond acceptors (Lipinski definition) is 3. The van der Waals surface area contributed by atoms with E-state index in [1.807, 2.05) is 0 Å². The van der Waals surface area contributed by atoms with Gasteiger partial charge >= 0.3 is 0 Å². The van der Waals surface area contributed by atoms with Crippen LogP contribution in [-0.2, 0) is 17.6 Å². The van der Waals surface area contributed by atoms with Gasteiger partial charge < -0.3 is 9.47 Å². The summed E-state index contributed by atoms with van der Waals surface area (Å²) in [6, 6.07) is 4.96. The Hall–Kier alpha value is -1.51. The second-order valence-corrected chi connectivity index (χ2v) is 10.8. The lowest BCUT2D eigenvalue weighted by molar-refractivity contribution is 0.0291. The summed E-state index contributed by atoms with van der Waals surface area (Å²) in [6.07, 6.45) is 12.6. The van der Waals surface area contributed by atoms with E-state index < -0.39 is 0 Å². The highest BCUT2D eigenvalue weighted by Gasteiger charge is 2.54. The average molecular weight is 424 g/mol. The summed E-state index contributed by atoms with van der Waals surface area (Å²) in [5, 5.41) is 0. The molecule has 4 aliphatic rings. The minimum absolute atomic E-state index is 0.476. The topological polar surface area (TPSA) is 30.8 Å². The van der Waals surface area contributed by atoms with Crippen molar-refractivity contribution in [2.24, 2.45) is 28.2 Å². The van der Waals surface area contributed by atoms with Crippen LogP contribution < -0.4 is 4.74 Å². The van der Waals surface area contributed by atoms with Crippen LogP contribution in [0.3, 0.4) is 0 Å². The first kappa shape index (κ1) is 21.3. The van der Waals surface area contributed by atoms with E-state index in [0.717, 1.165) is 74.3 Å². The van der Waals surface area contributed by atoms with Gasteiger partial charge in [-0.2, -0.15) is 0 Å². The van der Waals surface area contributed by atoms with E-state index >= 15 is 0 Å². The van der Waals surface area contributed by atoms with E-state index in [9.17, 15) is 0 Å². The van der Waals surface area contributed by atoms with Crippen molar-refractivity contribution in [3.63, 3.8) is 0 Å². The third-order valence-electron chi connectivity index (χ3n) is 9.31. The number of hydrogen-bond donors (Lipinski definition) is 0. The van der Waals surface area contributed by atoms with E-state index in [-0.39, 0.29) is 0 Å². The number of ether oxygens (including phenoxy) is 2. The molecule has 0 saturated heterocycles. The van der Waals surface area contributed by atoms with E-state index in [0.29, 0.717) is 5.41 Å². The third kappa shape index (κ3) is 3.80. The first-order valence-corrected chi connectivity index (χ1v) is 13.1. The molecular formula is C28H41NO2. The molecule has 170 valence electrons. The summed E-state index contributed by atoms with van der Waals surface area (Å²) >= 11 is 0. The minimum atomic E-state index is 0.476. The summed E-state index contributed by atoms with van der Waals surface area (Å²) in [7, 11) is 0. The van der Waals surface area contributed by atoms with Gasteiger partial charge in [-0.1, -0.05) is 33.3 Å². The molecule has 0 amide bonds. The van der Waals surface area contributed by atoms with Crippen molar-refractivity contribution in [1.82, 2.24) is 0 Å². The van der Waals surface area contributed by atoms with E-state index in [1.165, 1.54) is 50.5 Å².